The summed E-state index contributed by atoms with van der Waals surface area (Å²) >= 11 is 0. The van der Waals surface area contributed by atoms with Gasteiger partial charge in [-0.1, -0.05) is 6.07 Å². The molecule has 2 atom stereocenters. The first-order valence-corrected chi connectivity index (χ1v) is 6.97. The van der Waals surface area contributed by atoms with Gasteiger partial charge in [-0.2, -0.15) is 0 Å². The van der Waals surface area contributed by atoms with Gasteiger partial charge in [-0.05, 0) is 38.5 Å². The minimum atomic E-state index is -0.0142. The average Bonchev–Trinajstić information content (AvgIpc) is 2.38. The predicted octanol–water partition coefficient (Wildman–Crippen LogP) is 1.62. The minimum absolute atomic E-state index is 0.0142. The Balaban J connectivity index is 1.96. The Morgan fingerprint density at radius 2 is 2.25 bits per heavy atom. The smallest absolute Gasteiger partial charge is 0.238 e. The van der Waals surface area contributed by atoms with Crippen LogP contribution in [-0.2, 0) is 9.53 Å². The van der Waals surface area contributed by atoms with Crippen molar-refractivity contribution in [2.24, 2.45) is 0 Å². The number of rotatable bonds is 3. The van der Waals surface area contributed by atoms with Gasteiger partial charge in [0.2, 0.25) is 5.91 Å². The fraction of sp³-hybridized carbons (Fsp3) is 0.533. The zero-order valence-electron chi connectivity index (χ0n) is 12.3. The minimum Gasteiger partial charge on any atom is -0.399 e. The number of aryl methyl sites for hydroxylation is 1. The summed E-state index contributed by atoms with van der Waals surface area (Å²) in [5.41, 5.74) is 8.19. The van der Waals surface area contributed by atoms with Crippen molar-refractivity contribution in [1.29, 1.82) is 0 Å². The molecule has 0 spiro atoms. The van der Waals surface area contributed by atoms with E-state index >= 15 is 0 Å². The lowest BCUT2D eigenvalue weighted by molar-refractivity contribution is -0.121. The number of carbonyl (C=O) groups excluding carboxylic acids is 1. The second kappa shape index (κ2) is 6.24. The zero-order valence-corrected chi connectivity index (χ0v) is 12.3. The largest absolute Gasteiger partial charge is 0.399 e. The van der Waals surface area contributed by atoms with Crippen LogP contribution in [0.3, 0.4) is 0 Å². The molecule has 20 heavy (non-hydrogen) atoms. The SMILES string of the molecule is Cc1ccc(N)cc1NC(=O)CN1CC(C)OCC1C. The molecule has 2 unspecified atom stereocenters. The zero-order chi connectivity index (χ0) is 14.7. The van der Waals surface area contributed by atoms with E-state index in [1.165, 1.54) is 0 Å². The third-order valence-electron chi connectivity index (χ3n) is 3.62. The highest BCUT2D eigenvalue weighted by Gasteiger charge is 2.25. The number of nitrogen functional groups attached to an aromatic ring is 1. The van der Waals surface area contributed by atoms with Crippen LogP contribution >= 0.6 is 0 Å². The normalized spacial score (nSPS) is 23.6. The lowest BCUT2D eigenvalue weighted by Crippen LogP contribution is -2.50. The summed E-state index contributed by atoms with van der Waals surface area (Å²) in [6.07, 6.45) is 0.174. The molecular formula is C15H23N3O2. The molecule has 1 aromatic rings. The van der Waals surface area contributed by atoms with Gasteiger partial charge < -0.3 is 15.8 Å². The lowest BCUT2D eigenvalue weighted by atomic mass is 10.1. The highest BCUT2D eigenvalue weighted by molar-refractivity contribution is 5.93. The van der Waals surface area contributed by atoms with Crippen molar-refractivity contribution in [2.45, 2.75) is 32.9 Å². The third kappa shape index (κ3) is 3.71. The lowest BCUT2D eigenvalue weighted by Gasteiger charge is -2.36. The van der Waals surface area contributed by atoms with Gasteiger partial charge in [0, 0.05) is 24.0 Å². The Hall–Kier alpha value is -1.59. The van der Waals surface area contributed by atoms with Crippen molar-refractivity contribution < 1.29 is 9.53 Å². The number of nitrogens with zero attached hydrogens (tertiary/aromatic N) is 1. The maximum atomic E-state index is 12.2. The van der Waals surface area contributed by atoms with E-state index in [9.17, 15) is 4.79 Å². The van der Waals surface area contributed by atoms with Gasteiger partial charge in [-0.15, -0.1) is 0 Å². The standard InChI is InChI=1S/C15H23N3O2/c1-10-4-5-13(16)6-14(10)17-15(19)8-18-7-12(3)20-9-11(18)2/h4-6,11-12H,7-9,16H2,1-3H3,(H,17,19). The first-order valence-electron chi connectivity index (χ1n) is 6.97. The van der Waals surface area contributed by atoms with E-state index in [1.807, 2.05) is 26.0 Å². The molecule has 1 amide bonds. The molecule has 0 aromatic heterocycles. The fourth-order valence-corrected chi connectivity index (χ4v) is 2.34. The highest BCUT2D eigenvalue weighted by atomic mass is 16.5. The second-order valence-electron chi connectivity index (χ2n) is 5.54. The van der Waals surface area contributed by atoms with Gasteiger partial charge in [0.15, 0.2) is 0 Å². The van der Waals surface area contributed by atoms with Crippen LogP contribution in [0.5, 0.6) is 0 Å². The van der Waals surface area contributed by atoms with Gasteiger partial charge in [0.1, 0.15) is 0 Å². The molecule has 1 aliphatic heterocycles. The Kier molecular flexibility index (Phi) is 4.62. The second-order valence-corrected chi connectivity index (χ2v) is 5.54. The Labute approximate surface area is 120 Å². The van der Waals surface area contributed by atoms with Crippen LogP contribution in [0.1, 0.15) is 19.4 Å². The predicted molar refractivity (Wildman–Crippen MR) is 80.7 cm³/mol. The molecule has 1 aliphatic rings. The van der Waals surface area contributed by atoms with Crippen LogP contribution in [0.4, 0.5) is 11.4 Å². The molecule has 0 bridgehead atoms. The van der Waals surface area contributed by atoms with Crippen LogP contribution in [0.2, 0.25) is 0 Å². The molecule has 3 N–H and O–H groups in total. The molecule has 1 saturated heterocycles. The first kappa shape index (κ1) is 14.8. The molecule has 2 rings (SSSR count). The number of amides is 1. The van der Waals surface area contributed by atoms with Gasteiger partial charge >= 0.3 is 0 Å². The highest BCUT2D eigenvalue weighted by Crippen LogP contribution is 2.18. The summed E-state index contributed by atoms with van der Waals surface area (Å²) in [6.45, 7) is 7.89. The summed E-state index contributed by atoms with van der Waals surface area (Å²) in [4.78, 5) is 14.3. The summed E-state index contributed by atoms with van der Waals surface area (Å²) < 4.78 is 5.57. The number of morpholine rings is 1. The first-order chi connectivity index (χ1) is 9.45. The molecule has 0 saturated carbocycles. The number of benzene rings is 1. The van der Waals surface area contributed by atoms with Crippen LogP contribution in [0, 0.1) is 6.92 Å². The van der Waals surface area contributed by atoms with E-state index in [0.717, 1.165) is 17.8 Å². The maximum absolute atomic E-state index is 12.2. The average molecular weight is 277 g/mol. The summed E-state index contributed by atoms with van der Waals surface area (Å²) in [5, 5.41) is 2.93. The topological polar surface area (TPSA) is 67.6 Å². The van der Waals surface area contributed by atoms with Crippen molar-refractivity contribution in [3.05, 3.63) is 23.8 Å². The van der Waals surface area contributed by atoms with Gasteiger partial charge in [0.05, 0.1) is 19.3 Å². The number of carbonyl (C=O) groups is 1. The van der Waals surface area contributed by atoms with Crippen LogP contribution in [0.15, 0.2) is 18.2 Å². The number of nitrogens with two attached hydrogens (primary N) is 1. The van der Waals surface area contributed by atoms with Gasteiger partial charge in [-0.3, -0.25) is 9.69 Å². The van der Waals surface area contributed by atoms with E-state index in [0.29, 0.717) is 18.8 Å². The van der Waals surface area contributed by atoms with E-state index in [2.05, 4.69) is 17.1 Å². The summed E-state index contributed by atoms with van der Waals surface area (Å²) in [6, 6.07) is 5.79. The summed E-state index contributed by atoms with van der Waals surface area (Å²) in [5.74, 6) is -0.0142. The van der Waals surface area contributed by atoms with Crippen molar-refractivity contribution in [3.63, 3.8) is 0 Å². The molecular weight excluding hydrogens is 254 g/mol. The molecule has 1 heterocycles. The molecule has 1 fully saturated rings. The van der Waals surface area contributed by atoms with Crippen LogP contribution in [-0.4, -0.2) is 42.6 Å². The molecule has 0 radical (unpaired) electrons. The van der Waals surface area contributed by atoms with Crippen molar-refractivity contribution in [3.8, 4) is 0 Å². The van der Waals surface area contributed by atoms with E-state index in [1.54, 1.807) is 6.07 Å². The van der Waals surface area contributed by atoms with Crippen LogP contribution in [0.25, 0.3) is 0 Å². The molecule has 5 heteroatoms. The molecule has 0 aliphatic carbocycles. The van der Waals surface area contributed by atoms with E-state index in [4.69, 9.17) is 10.5 Å². The van der Waals surface area contributed by atoms with E-state index in [-0.39, 0.29) is 18.1 Å². The number of nitrogens with one attached hydrogen (secondary N) is 1. The van der Waals surface area contributed by atoms with Crippen molar-refractivity contribution in [2.75, 3.05) is 30.7 Å². The van der Waals surface area contributed by atoms with E-state index < -0.39 is 0 Å². The number of hydrogen-bond acceptors (Lipinski definition) is 4. The number of ether oxygens (including phenoxy) is 1. The van der Waals surface area contributed by atoms with Crippen molar-refractivity contribution >= 4 is 17.3 Å². The van der Waals surface area contributed by atoms with Gasteiger partial charge in [-0.25, -0.2) is 0 Å². The molecule has 1 aromatic carbocycles. The third-order valence-corrected chi connectivity index (χ3v) is 3.62. The Morgan fingerprint density at radius 1 is 1.50 bits per heavy atom. The van der Waals surface area contributed by atoms with Gasteiger partial charge in [0.25, 0.3) is 0 Å². The number of hydrogen-bond donors (Lipinski definition) is 2. The Morgan fingerprint density at radius 3 is 3.00 bits per heavy atom. The molecule has 110 valence electrons. The maximum Gasteiger partial charge on any atom is 0.238 e. The summed E-state index contributed by atoms with van der Waals surface area (Å²) in [7, 11) is 0. The monoisotopic (exact) mass is 277 g/mol. The molecule has 5 nitrogen and oxygen atoms in total. The quantitative estimate of drug-likeness (QED) is 0.824. The van der Waals surface area contributed by atoms with Crippen LogP contribution < -0.4 is 11.1 Å². The Bertz CT molecular complexity index is 490. The number of anilines is 2. The fourth-order valence-electron chi connectivity index (χ4n) is 2.34. The van der Waals surface area contributed by atoms with Crippen molar-refractivity contribution in [1.82, 2.24) is 4.90 Å².